The molecule has 23 N–H and O–H groups in total. The predicted molar refractivity (Wildman–Crippen MR) is 503 cm³/mol. The van der Waals surface area contributed by atoms with Crippen molar-refractivity contribution in [3.8, 4) is 0 Å². The summed E-state index contributed by atoms with van der Waals surface area (Å²) in [5.74, 6) is -35.0. The number of nitrogens with zero attached hydrogens (tertiary/aromatic N) is 7. The molecule has 0 unspecified atom stereocenters. The van der Waals surface area contributed by atoms with Crippen molar-refractivity contribution in [3.05, 3.63) is 0 Å². The summed E-state index contributed by atoms with van der Waals surface area (Å²) < 4.78 is 0. The normalized spacial score (nSPS) is 20.8. The average molecular weight is 2120 g/mol. The summed E-state index contributed by atoms with van der Waals surface area (Å²) >= 11 is 0. The lowest BCUT2D eigenvalue weighted by molar-refractivity contribution is -0.148. The second kappa shape index (κ2) is 56.9. The summed E-state index contributed by atoms with van der Waals surface area (Å²) in [5, 5.41) is 124. The number of hydrogen-bond donors (Lipinski definition) is 22. The Morgan fingerprint density at radius 1 is 0.228 bits per heavy atom. The zero-order valence-corrected chi connectivity index (χ0v) is 83.1. The van der Waals surface area contributed by atoms with Gasteiger partial charge >= 0.3 is 59.7 Å². The Morgan fingerprint density at radius 2 is 0.430 bits per heavy atom. The Kier molecular flexibility index (Phi) is 46.2. The lowest BCUT2D eigenvalue weighted by Gasteiger charge is -2.33. The van der Waals surface area contributed by atoms with Crippen LogP contribution in [0.2, 0.25) is 0 Å². The Labute approximate surface area is 852 Å². The molecule has 7 rings (SSSR count). The maximum atomic E-state index is 14.9. The molecule has 7 aliphatic heterocycles. The van der Waals surface area contributed by atoms with Gasteiger partial charge in [-0.2, -0.15) is 0 Å². The molecule has 0 spiro atoms. The maximum Gasteiger partial charge on any atom is 0.326 e. The van der Waals surface area contributed by atoms with Crippen molar-refractivity contribution in [1.29, 1.82) is 0 Å². The number of carbonyl (C=O) groups excluding carboxylic acids is 18. The highest BCUT2D eigenvalue weighted by molar-refractivity contribution is 6.04. The number of carboxylic acids is 10. The largest absolute Gasteiger partial charge is 0.481 e. The highest BCUT2D eigenvalue weighted by Gasteiger charge is 2.50. The van der Waals surface area contributed by atoms with E-state index in [-0.39, 0.29) is 136 Å². The van der Waals surface area contributed by atoms with E-state index >= 15 is 0 Å². The molecule has 18 amide bonds. The lowest BCUT2D eigenvalue weighted by atomic mass is 10.0. The first-order valence-corrected chi connectivity index (χ1v) is 49.5. The molecule has 149 heavy (non-hydrogen) atoms. The number of rotatable bonds is 58. The fourth-order valence-electron chi connectivity index (χ4n) is 19.1. The topological polar surface area (TPSA) is 861 Å². The van der Waals surface area contributed by atoms with Crippen molar-refractivity contribution >= 4 is 166 Å². The third-order valence-electron chi connectivity index (χ3n) is 26.9. The highest BCUT2D eigenvalue weighted by atomic mass is 16.4. The van der Waals surface area contributed by atoms with Gasteiger partial charge < -0.3 is 150 Å². The second-order valence-corrected chi connectivity index (χ2v) is 38.5. The number of aliphatic carboxylic acids is 10. The fraction of sp³-hybridized carbons (Fsp3) is 0.696. The van der Waals surface area contributed by atoms with Crippen LogP contribution < -0.4 is 64.2 Å². The van der Waals surface area contributed by atoms with E-state index in [2.05, 4.69) is 58.5 Å². The van der Waals surface area contributed by atoms with E-state index in [1.807, 2.05) is 0 Å². The van der Waals surface area contributed by atoms with E-state index in [0.717, 1.165) is 29.4 Å². The smallest absolute Gasteiger partial charge is 0.326 e. The van der Waals surface area contributed by atoms with Crippen molar-refractivity contribution < 1.29 is 185 Å². The van der Waals surface area contributed by atoms with Gasteiger partial charge in [-0.3, -0.25) is 129 Å². The molecule has 0 aromatic heterocycles. The van der Waals surface area contributed by atoms with Crippen molar-refractivity contribution in [3.63, 3.8) is 0 Å². The van der Waals surface area contributed by atoms with Gasteiger partial charge in [-0.05, 0) is 160 Å². The van der Waals surface area contributed by atoms with Gasteiger partial charge in [0.15, 0.2) is 0 Å². The standard InChI is InChI=1S/C92H135N19O38/c1-44(2)72(103-82(138)61-18-6-36-105(61)85(141)47(93)20-28-63(112)113)84(140)94-46(5)74(130)97-50(23-31-66(118)119)86(142)107-38-8-14-57(107)78(134)100-54(27-35-70(126)127)90(146)109-40-10-17-60(109)81(137)102-55(43-71(128)129)91(147)111-42-11-16-59(111)80(136)101-53(26-34-69(124)125)89(145)108-39-9-15-58(108)79(135)99-52(25-33-68(122)123)88(144)106-37-7-13-56(106)77(133)96-49(22-30-65(116)117)75(131)95-48(21-29-64(114)115)76(132)98-51(24-32-67(120)121)87(143)110-41-12-19-62(110)83(139)104-73(45(3)4)92(148)149/h44-62,72-73H,6-43,93H2,1-5H3,(H,94,140)(H,95,131)(H,96,133)(H,97,130)(H,98,132)(H,99,135)(H,100,134)(H,101,136)(H,102,137)(H,103,138)(H,104,139)(H,112,113)(H,114,115)(H,116,117)(H,118,119)(H,120,121)(H,122,123)(H,124,125)(H,126,127)(H,128,129)(H,148,149)/t46-,47-,48-,49-,50-,51-,52-,53-,54-,55-,56-,57-,58-,59-,60-,61-,62-,72-,73-/m0/s1. The average Bonchev–Trinajstić information content (AvgIpc) is 1.69. The number of carboxylic acid groups (broad SMARTS) is 10. The maximum absolute atomic E-state index is 14.9. The summed E-state index contributed by atoms with van der Waals surface area (Å²) in [5.41, 5.74) is 5.97. The monoisotopic (exact) mass is 2110 g/mol. The van der Waals surface area contributed by atoms with Crippen LogP contribution in [0.3, 0.4) is 0 Å². The predicted octanol–water partition coefficient (Wildman–Crippen LogP) is -6.61. The molecule has 7 aliphatic rings. The van der Waals surface area contributed by atoms with Gasteiger partial charge in [0.25, 0.3) is 0 Å². The molecule has 0 radical (unpaired) electrons. The second-order valence-electron chi connectivity index (χ2n) is 38.5. The zero-order valence-electron chi connectivity index (χ0n) is 83.1. The first kappa shape index (κ1) is 121. The van der Waals surface area contributed by atoms with Crippen molar-refractivity contribution in [2.75, 3.05) is 45.8 Å². The van der Waals surface area contributed by atoms with E-state index in [9.17, 15) is 180 Å². The Hall–Kier alpha value is -14.9. The molecule has 0 bridgehead atoms. The molecule has 19 atom stereocenters. The fourth-order valence-corrected chi connectivity index (χ4v) is 19.1. The molecule has 57 nitrogen and oxygen atoms in total. The SMILES string of the molecule is CC(C)[C@H](NC(=O)[C@@H]1CCCN1C(=O)[C@H](CCC(=O)O)NC(=O)[C@H](CCC(=O)O)NC(=O)[C@H](CCC(=O)O)NC(=O)[C@@H]1CCCN1C(=O)[C@H](CCC(=O)O)NC(=O)[C@@H]1CCCN1C(=O)[C@H](CCC(=O)O)NC(=O)[C@@H]1CCCN1C(=O)[C@H](CC(=O)O)NC(=O)[C@@H]1CCCN1C(=O)[C@H](CCC(=O)O)NC(=O)[C@@H]1CCCN1C(=O)[C@H](CCC(=O)O)NC(=O)[C@H](C)NC(=O)[C@@H](NC(=O)[C@@H]1CCCN1C(=O)[C@@H](N)CCC(=O)O)C(C)C)C(=O)O. The molecule has 0 saturated carbocycles. The Morgan fingerprint density at radius 3 is 0.685 bits per heavy atom. The molecule has 0 aliphatic carbocycles. The van der Waals surface area contributed by atoms with Crippen molar-refractivity contribution in [1.82, 2.24) is 92.8 Å². The van der Waals surface area contributed by atoms with E-state index in [0.29, 0.717) is 6.42 Å². The van der Waals surface area contributed by atoms with Gasteiger partial charge in [0.05, 0.1) is 12.5 Å². The molecule has 826 valence electrons. The van der Waals surface area contributed by atoms with Crippen LogP contribution in [0, 0.1) is 11.8 Å². The van der Waals surface area contributed by atoms with Crippen LogP contribution >= 0.6 is 0 Å². The van der Waals surface area contributed by atoms with Gasteiger partial charge in [0.1, 0.15) is 109 Å². The summed E-state index contributed by atoms with van der Waals surface area (Å²) in [4.78, 5) is 385. The van der Waals surface area contributed by atoms with Gasteiger partial charge in [-0.1, -0.05) is 27.7 Å². The van der Waals surface area contributed by atoms with E-state index in [4.69, 9.17) is 10.8 Å². The lowest BCUT2D eigenvalue weighted by Crippen LogP contribution is -2.61. The molecule has 7 fully saturated rings. The van der Waals surface area contributed by atoms with E-state index in [1.54, 1.807) is 13.8 Å². The summed E-state index contributed by atoms with van der Waals surface area (Å²) in [6, 6.07) is -30.7. The highest BCUT2D eigenvalue weighted by Crippen LogP contribution is 2.30. The van der Waals surface area contributed by atoms with Crippen LogP contribution in [-0.4, -0.2) is 412 Å². The quantitative estimate of drug-likeness (QED) is 0.0269. The third-order valence-corrected chi connectivity index (χ3v) is 26.9. The van der Waals surface area contributed by atoms with E-state index < -0.39 is 395 Å². The molecular weight excluding hydrogens is 1980 g/mol. The molecule has 0 aromatic carbocycles. The number of nitrogens with one attached hydrogen (secondary N) is 11. The Bertz CT molecular complexity index is 5040. The number of nitrogens with two attached hydrogens (primary N) is 1. The minimum absolute atomic E-state index is 0.00883. The van der Waals surface area contributed by atoms with Gasteiger partial charge in [0, 0.05) is 97.2 Å². The van der Waals surface area contributed by atoms with Crippen LogP contribution in [0.4, 0.5) is 0 Å². The van der Waals surface area contributed by atoms with Gasteiger partial charge in [0.2, 0.25) is 106 Å². The van der Waals surface area contributed by atoms with E-state index in [1.165, 1.54) is 25.7 Å². The summed E-state index contributed by atoms with van der Waals surface area (Å²) in [6.07, 6.45) is -12.3. The third kappa shape index (κ3) is 35.2. The molecular formula is C92H135N19O38. The number of likely N-dealkylation sites (tertiary alicyclic amines) is 7. The van der Waals surface area contributed by atoms with Crippen LogP contribution in [0.5, 0.6) is 0 Å². The van der Waals surface area contributed by atoms with Gasteiger partial charge in [-0.15, -0.1) is 0 Å². The Balaban J connectivity index is 1.01. The molecule has 57 heteroatoms. The molecule has 7 heterocycles. The first-order chi connectivity index (χ1) is 70.1. The minimum Gasteiger partial charge on any atom is -0.481 e. The van der Waals surface area contributed by atoms with Crippen molar-refractivity contribution in [2.24, 2.45) is 17.6 Å². The zero-order chi connectivity index (χ0) is 111. The van der Waals surface area contributed by atoms with Crippen LogP contribution in [0.15, 0.2) is 0 Å². The summed E-state index contributed by atoms with van der Waals surface area (Å²) in [7, 11) is 0. The van der Waals surface area contributed by atoms with Crippen molar-refractivity contribution in [2.45, 2.75) is 348 Å². The van der Waals surface area contributed by atoms with Crippen LogP contribution in [0.1, 0.15) is 234 Å². The van der Waals surface area contributed by atoms with Crippen LogP contribution in [-0.2, 0) is 134 Å². The first-order valence-electron chi connectivity index (χ1n) is 49.5. The van der Waals surface area contributed by atoms with Crippen LogP contribution in [0.25, 0.3) is 0 Å². The summed E-state index contributed by atoms with van der Waals surface area (Å²) in [6.45, 7) is 5.99. The van der Waals surface area contributed by atoms with Gasteiger partial charge in [-0.25, -0.2) is 4.79 Å². The number of hydrogen-bond acceptors (Lipinski definition) is 29. The number of carbonyl (C=O) groups is 28. The number of amides is 18. The molecule has 7 saturated heterocycles. The minimum atomic E-state index is -2.04. The molecule has 0 aromatic rings.